The molecule has 0 unspecified atom stereocenters. The van der Waals surface area contributed by atoms with Crippen molar-refractivity contribution < 1.29 is 4.74 Å². The topological polar surface area (TPSA) is 47.0 Å². The predicted octanol–water partition coefficient (Wildman–Crippen LogP) is 4.44. The van der Waals surface area contributed by atoms with Crippen LogP contribution in [0, 0.1) is 13.8 Å². The number of para-hydroxylation sites is 1. The Morgan fingerprint density at radius 2 is 1.86 bits per heavy atom. The van der Waals surface area contributed by atoms with E-state index in [9.17, 15) is 0 Å². The van der Waals surface area contributed by atoms with Crippen LogP contribution in [0.4, 0.5) is 5.82 Å². The Labute approximate surface area is 126 Å². The molecular weight excluding hydrogens is 262 g/mol. The van der Waals surface area contributed by atoms with Gasteiger partial charge in [0.25, 0.3) is 0 Å². The molecule has 1 aromatic carbocycles. The standard InChI is InChI=1S/C17H23N3O/c1-6-18-16-12(4)17(20-13(5)19-16)21-15-10-8-7-9-14(15)11(2)3/h7-11H,6H2,1-5H3,(H,18,19,20). The summed E-state index contributed by atoms with van der Waals surface area (Å²) < 4.78 is 6.08. The average molecular weight is 285 g/mol. The molecule has 0 amide bonds. The summed E-state index contributed by atoms with van der Waals surface area (Å²) in [5.74, 6) is 3.41. The van der Waals surface area contributed by atoms with Crippen LogP contribution in [0.1, 0.15) is 43.6 Å². The van der Waals surface area contributed by atoms with Gasteiger partial charge in [-0.2, -0.15) is 4.98 Å². The molecule has 0 fully saturated rings. The van der Waals surface area contributed by atoms with E-state index in [1.165, 1.54) is 5.56 Å². The number of nitrogens with zero attached hydrogens (tertiary/aromatic N) is 2. The van der Waals surface area contributed by atoms with Gasteiger partial charge in [-0.1, -0.05) is 32.0 Å². The molecule has 0 saturated heterocycles. The normalized spacial score (nSPS) is 10.8. The van der Waals surface area contributed by atoms with Crippen molar-refractivity contribution in [1.29, 1.82) is 0 Å². The molecule has 112 valence electrons. The number of aryl methyl sites for hydroxylation is 1. The molecule has 0 saturated carbocycles. The van der Waals surface area contributed by atoms with Gasteiger partial charge in [0.05, 0.1) is 5.56 Å². The Bertz CT molecular complexity index is 623. The molecule has 0 aliphatic carbocycles. The number of hydrogen-bond acceptors (Lipinski definition) is 4. The fourth-order valence-corrected chi connectivity index (χ4v) is 2.20. The van der Waals surface area contributed by atoms with Gasteiger partial charge in [-0.3, -0.25) is 0 Å². The maximum Gasteiger partial charge on any atom is 0.227 e. The predicted molar refractivity (Wildman–Crippen MR) is 86.3 cm³/mol. The summed E-state index contributed by atoms with van der Waals surface area (Å²) in [6, 6.07) is 8.09. The van der Waals surface area contributed by atoms with Crippen LogP contribution in [0.15, 0.2) is 24.3 Å². The summed E-state index contributed by atoms with van der Waals surface area (Å²) in [7, 11) is 0. The Balaban J connectivity index is 2.40. The third kappa shape index (κ3) is 3.51. The third-order valence-electron chi connectivity index (χ3n) is 3.30. The summed E-state index contributed by atoms with van der Waals surface area (Å²) in [6.45, 7) is 11.0. The fraction of sp³-hybridized carbons (Fsp3) is 0.412. The molecule has 1 N–H and O–H groups in total. The lowest BCUT2D eigenvalue weighted by Crippen LogP contribution is -2.06. The van der Waals surface area contributed by atoms with Crippen LogP contribution in [-0.2, 0) is 0 Å². The first-order valence-corrected chi connectivity index (χ1v) is 7.38. The molecular formula is C17H23N3O. The Kier molecular flexibility index (Phi) is 4.78. The van der Waals surface area contributed by atoms with Crippen LogP contribution in [-0.4, -0.2) is 16.5 Å². The van der Waals surface area contributed by atoms with Gasteiger partial charge in [0, 0.05) is 6.54 Å². The van der Waals surface area contributed by atoms with Crippen molar-refractivity contribution in [3.8, 4) is 11.6 Å². The van der Waals surface area contributed by atoms with E-state index < -0.39 is 0 Å². The SMILES string of the molecule is CCNc1nc(C)nc(Oc2ccccc2C(C)C)c1C. The van der Waals surface area contributed by atoms with E-state index in [1.54, 1.807) is 0 Å². The molecule has 4 nitrogen and oxygen atoms in total. The number of benzene rings is 1. The summed E-state index contributed by atoms with van der Waals surface area (Å²) in [4.78, 5) is 8.86. The number of rotatable bonds is 5. The van der Waals surface area contributed by atoms with E-state index in [2.05, 4.69) is 35.2 Å². The van der Waals surface area contributed by atoms with Crippen LogP contribution in [0.3, 0.4) is 0 Å². The largest absolute Gasteiger partial charge is 0.438 e. The van der Waals surface area contributed by atoms with Gasteiger partial charge in [0.15, 0.2) is 0 Å². The zero-order chi connectivity index (χ0) is 15.4. The molecule has 0 spiro atoms. The van der Waals surface area contributed by atoms with E-state index in [1.807, 2.05) is 39.0 Å². The van der Waals surface area contributed by atoms with Crippen LogP contribution in [0.25, 0.3) is 0 Å². The Hall–Kier alpha value is -2.10. The van der Waals surface area contributed by atoms with Gasteiger partial charge >= 0.3 is 0 Å². The van der Waals surface area contributed by atoms with Gasteiger partial charge < -0.3 is 10.1 Å². The zero-order valence-corrected chi connectivity index (χ0v) is 13.4. The van der Waals surface area contributed by atoms with Crippen LogP contribution >= 0.6 is 0 Å². The third-order valence-corrected chi connectivity index (χ3v) is 3.30. The maximum absolute atomic E-state index is 6.08. The van der Waals surface area contributed by atoms with Crippen molar-refractivity contribution in [1.82, 2.24) is 9.97 Å². The molecule has 4 heteroatoms. The van der Waals surface area contributed by atoms with Crippen LogP contribution < -0.4 is 10.1 Å². The number of ether oxygens (including phenoxy) is 1. The molecule has 2 rings (SSSR count). The highest BCUT2D eigenvalue weighted by Crippen LogP contribution is 2.32. The van der Waals surface area contributed by atoms with Gasteiger partial charge in [0.2, 0.25) is 5.88 Å². The number of hydrogen-bond donors (Lipinski definition) is 1. The molecule has 1 heterocycles. The van der Waals surface area contributed by atoms with Crippen molar-refractivity contribution in [2.24, 2.45) is 0 Å². The van der Waals surface area contributed by atoms with Gasteiger partial charge in [-0.15, -0.1) is 0 Å². The smallest absolute Gasteiger partial charge is 0.227 e. The Morgan fingerprint density at radius 1 is 1.14 bits per heavy atom. The molecule has 21 heavy (non-hydrogen) atoms. The number of aromatic nitrogens is 2. The number of nitrogens with one attached hydrogen (secondary N) is 1. The first-order valence-electron chi connectivity index (χ1n) is 7.38. The van der Waals surface area contributed by atoms with Crippen molar-refractivity contribution in [2.45, 2.75) is 40.5 Å². The highest BCUT2D eigenvalue weighted by atomic mass is 16.5. The molecule has 0 atom stereocenters. The zero-order valence-electron chi connectivity index (χ0n) is 13.4. The lowest BCUT2D eigenvalue weighted by molar-refractivity contribution is 0.448. The second-order valence-electron chi connectivity index (χ2n) is 5.37. The van der Waals surface area contributed by atoms with Crippen LogP contribution in [0.2, 0.25) is 0 Å². The van der Waals surface area contributed by atoms with Crippen molar-refractivity contribution >= 4 is 5.82 Å². The quantitative estimate of drug-likeness (QED) is 0.882. The molecule has 1 aromatic heterocycles. The van der Waals surface area contributed by atoms with Gasteiger partial charge in [0.1, 0.15) is 17.4 Å². The van der Waals surface area contributed by atoms with Gasteiger partial charge in [-0.25, -0.2) is 4.98 Å². The van der Waals surface area contributed by atoms with E-state index in [-0.39, 0.29) is 0 Å². The van der Waals surface area contributed by atoms with E-state index >= 15 is 0 Å². The molecule has 0 radical (unpaired) electrons. The first kappa shape index (κ1) is 15.3. The number of anilines is 1. The van der Waals surface area contributed by atoms with Gasteiger partial charge in [-0.05, 0) is 38.3 Å². The monoisotopic (exact) mass is 285 g/mol. The van der Waals surface area contributed by atoms with E-state index in [0.717, 1.165) is 23.7 Å². The highest BCUT2D eigenvalue weighted by molar-refractivity contribution is 5.50. The average Bonchev–Trinajstić information content (AvgIpc) is 2.44. The lowest BCUT2D eigenvalue weighted by atomic mass is 10.0. The second-order valence-corrected chi connectivity index (χ2v) is 5.37. The van der Waals surface area contributed by atoms with Crippen LogP contribution in [0.5, 0.6) is 11.6 Å². The first-order chi connectivity index (χ1) is 10.0. The fourth-order valence-electron chi connectivity index (χ4n) is 2.20. The summed E-state index contributed by atoms with van der Waals surface area (Å²) in [5, 5.41) is 3.25. The molecule has 0 bridgehead atoms. The van der Waals surface area contributed by atoms with Crippen molar-refractivity contribution in [2.75, 3.05) is 11.9 Å². The minimum Gasteiger partial charge on any atom is -0.438 e. The molecule has 2 aromatic rings. The maximum atomic E-state index is 6.08. The molecule has 0 aliphatic rings. The minimum atomic E-state index is 0.401. The minimum absolute atomic E-state index is 0.401. The summed E-state index contributed by atoms with van der Waals surface area (Å²) in [6.07, 6.45) is 0. The van der Waals surface area contributed by atoms with E-state index in [0.29, 0.717) is 17.6 Å². The second kappa shape index (κ2) is 6.57. The highest BCUT2D eigenvalue weighted by Gasteiger charge is 2.13. The lowest BCUT2D eigenvalue weighted by Gasteiger charge is -2.16. The molecule has 0 aliphatic heterocycles. The van der Waals surface area contributed by atoms with E-state index in [4.69, 9.17) is 4.74 Å². The van der Waals surface area contributed by atoms with Crippen molar-refractivity contribution in [3.05, 3.63) is 41.2 Å². The van der Waals surface area contributed by atoms with Crippen molar-refractivity contribution in [3.63, 3.8) is 0 Å². The summed E-state index contributed by atoms with van der Waals surface area (Å²) >= 11 is 0. The summed E-state index contributed by atoms with van der Waals surface area (Å²) in [5.41, 5.74) is 2.11. The Morgan fingerprint density at radius 3 is 2.52 bits per heavy atom.